The predicted octanol–water partition coefficient (Wildman–Crippen LogP) is 6.73. The average molecular weight is 495 g/mol. The van der Waals surface area contributed by atoms with Crippen molar-refractivity contribution in [2.24, 2.45) is 0 Å². The van der Waals surface area contributed by atoms with Gasteiger partial charge in [0.2, 0.25) is 0 Å². The quantitative estimate of drug-likeness (QED) is 0.299. The fourth-order valence-corrected chi connectivity index (χ4v) is 4.66. The van der Waals surface area contributed by atoms with Crippen LogP contribution in [0, 0.1) is 11.3 Å². The van der Waals surface area contributed by atoms with E-state index in [0.717, 1.165) is 37.9 Å². The van der Waals surface area contributed by atoms with E-state index in [1.54, 1.807) is 7.11 Å². The molecule has 0 N–H and O–H groups in total. The number of hydrogen-bond donors (Lipinski definition) is 0. The van der Waals surface area contributed by atoms with Gasteiger partial charge in [-0.2, -0.15) is 10.4 Å². The Bertz CT molecular complexity index is 1260. The number of halogens is 2. The van der Waals surface area contributed by atoms with Crippen LogP contribution in [0.3, 0.4) is 0 Å². The molecule has 0 saturated heterocycles. The number of rotatable bonds is 6. The maximum atomic E-state index is 10.4. The molecule has 4 rings (SSSR count). The Hall–Kier alpha value is -2.81. The third-order valence-electron chi connectivity index (χ3n) is 5.67. The molecule has 1 aromatic heterocycles. The van der Waals surface area contributed by atoms with Crippen molar-refractivity contribution in [1.29, 1.82) is 5.26 Å². The minimum atomic E-state index is -0.880. The van der Waals surface area contributed by atoms with Crippen LogP contribution in [-0.4, -0.2) is 16.9 Å². The van der Waals surface area contributed by atoms with Crippen molar-refractivity contribution < 1.29 is 4.74 Å². The molecule has 0 aliphatic heterocycles. The van der Waals surface area contributed by atoms with Crippen LogP contribution in [0.25, 0.3) is 10.9 Å². The summed E-state index contributed by atoms with van der Waals surface area (Å²) in [5, 5.41) is 17.0. The molecule has 0 aliphatic rings. The SMILES string of the molecule is CCC(C#N)(c1ccc(Cl)cc1)c1nn(Cc2ccc(OC)cc2)c2c(Br)cccc12. The molecule has 0 aliphatic carbocycles. The van der Waals surface area contributed by atoms with Gasteiger partial charge in [-0.3, -0.25) is 4.68 Å². The topological polar surface area (TPSA) is 50.8 Å². The molecule has 4 nitrogen and oxygen atoms in total. The largest absolute Gasteiger partial charge is 0.497 e. The summed E-state index contributed by atoms with van der Waals surface area (Å²) in [7, 11) is 1.66. The van der Waals surface area contributed by atoms with E-state index in [4.69, 9.17) is 21.4 Å². The summed E-state index contributed by atoms with van der Waals surface area (Å²) in [6, 6.07) is 24.0. The smallest absolute Gasteiger partial charge is 0.126 e. The maximum Gasteiger partial charge on any atom is 0.126 e. The second-order valence-electron chi connectivity index (χ2n) is 7.37. The lowest BCUT2D eigenvalue weighted by molar-refractivity contribution is 0.414. The molecule has 0 fully saturated rings. The van der Waals surface area contributed by atoms with Crippen LogP contribution in [0.5, 0.6) is 5.75 Å². The van der Waals surface area contributed by atoms with E-state index < -0.39 is 5.41 Å². The van der Waals surface area contributed by atoms with E-state index in [1.165, 1.54) is 0 Å². The van der Waals surface area contributed by atoms with Crippen LogP contribution >= 0.6 is 27.5 Å². The zero-order chi connectivity index (χ0) is 22.0. The highest BCUT2D eigenvalue weighted by Crippen LogP contribution is 2.40. The second-order valence-corrected chi connectivity index (χ2v) is 8.66. The Morgan fingerprint density at radius 3 is 2.42 bits per heavy atom. The van der Waals surface area contributed by atoms with Gasteiger partial charge in [-0.05, 0) is 63.8 Å². The Balaban J connectivity index is 1.90. The van der Waals surface area contributed by atoms with E-state index in [0.29, 0.717) is 18.0 Å². The van der Waals surface area contributed by atoms with Crippen molar-refractivity contribution in [2.45, 2.75) is 25.3 Å². The van der Waals surface area contributed by atoms with E-state index in [1.807, 2.05) is 78.3 Å². The van der Waals surface area contributed by atoms with Gasteiger partial charge in [-0.1, -0.05) is 54.9 Å². The molecular weight excluding hydrogens is 474 g/mol. The van der Waals surface area contributed by atoms with Crippen LogP contribution in [0.2, 0.25) is 5.02 Å². The normalized spacial score (nSPS) is 13.0. The lowest BCUT2D eigenvalue weighted by atomic mass is 9.75. The summed E-state index contributed by atoms with van der Waals surface area (Å²) >= 11 is 9.80. The first-order valence-corrected chi connectivity index (χ1v) is 11.1. The van der Waals surface area contributed by atoms with Gasteiger partial charge in [0.25, 0.3) is 0 Å². The van der Waals surface area contributed by atoms with E-state index in [2.05, 4.69) is 22.0 Å². The van der Waals surface area contributed by atoms with Gasteiger partial charge in [-0.15, -0.1) is 0 Å². The first-order valence-electron chi connectivity index (χ1n) is 9.98. The van der Waals surface area contributed by atoms with Crippen LogP contribution in [0.15, 0.2) is 71.2 Å². The van der Waals surface area contributed by atoms with Crippen molar-refractivity contribution >= 4 is 38.4 Å². The summed E-state index contributed by atoms with van der Waals surface area (Å²) in [5.41, 5.74) is 2.82. The number of para-hydroxylation sites is 1. The minimum absolute atomic E-state index is 0.578. The van der Waals surface area contributed by atoms with Gasteiger partial charge >= 0.3 is 0 Å². The van der Waals surface area contributed by atoms with Gasteiger partial charge < -0.3 is 4.74 Å². The van der Waals surface area contributed by atoms with Crippen LogP contribution in [0.1, 0.15) is 30.2 Å². The molecular formula is C25H21BrClN3O. The number of methoxy groups -OCH3 is 1. The molecule has 3 aromatic carbocycles. The molecule has 1 heterocycles. The predicted molar refractivity (Wildman–Crippen MR) is 128 cm³/mol. The standard InChI is InChI=1S/C25H21BrClN3O/c1-3-25(16-28,18-9-11-19(27)12-10-18)24-21-5-4-6-22(26)23(21)30(29-24)15-17-7-13-20(31-2)14-8-17/h4-14H,3,15H2,1-2H3. The summed E-state index contributed by atoms with van der Waals surface area (Å²) in [4.78, 5) is 0. The van der Waals surface area contributed by atoms with Gasteiger partial charge in [-0.25, -0.2) is 0 Å². The van der Waals surface area contributed by atoms with E-state index >= 15 is 0 Å². The summed E-state index contributed by atoms with van der Waals surface area (Å²) < 4.78 is 8.18. The fourth-order valence-electron chi connectivity index (χ4n) is 3.97. The van der Waals surface area contributed by atoms with Crippen molar-refractivity contribution in [2.75, 3.05) is 7.11 Å². The van der Waals surface area contributed by atoms with Crippen LogP contribution < -0.4 is 4.74 Å². The average Bonchev–Trinajstić information content (AvgIpc) is 3.17. The fraction of sp³-hybridized carbons (Fsp3) is 0.200. The molecule has 0 bridgehead atoms. The highest BCUT2D eigenvalue weighted by Gasteiger charge is 2.37. The monoisotopic (exact) mass is 493 g/mol. The van der Waals surface area contributed by atoms with Gasteiger partial charge in [0.1, 0.15) is 11.2 Å². The zero-order valence-electron chi connectivity index (χ0n) is 17.3. The lowest BCUT2D eigenvalue weighted by Gasteiger charge is -2.24. The number of nitrogens with zero attached hydrogens (tertiary/aromatic N) is 3. The number of aromatic nitrogens is 2. The maximum absolute atomic E-state index is 10.4. The van der Waals surface area contributed by atoms with Gasteiger partial charge in [0.05, 0.1) is 30.9 Å². The number of hydrogen-bond acceptors (Lipinski definition) is 3. The van der Waals surface area contributed by atoms with E-state index in [-0.39, 0.29) is 0 Å². The van der Waals surface area contributed by atoms with Crippen LogP contribution in [-0.2, 0) is 12.0 Å². The Labute approximate surface area is 195 Å². The number of ether oxygens (including phenoxy) is 1. The zero-order valence-corrected chi connectivity index (χ0v) is 19.6. The summed E-state index contributed by atoms with van der Waals surface area (Å²) in [5.74, 6) is 0.813. The highest BCUT2D eigenvalue weighted by atomic mass is 79.9. The van der Waals surface area contributed by atoms with Gasteiger partial charge in [0, 0.05) is 14.9 Å². The summed E-state index contributed by atoms with van der Waals surface area (Å²) in [6.07, 6.45) is 0.590. The molecule has 4 aromatic rings. The molecule has 31 heavy (non-hydrogen) atoms. The second kappa shape index (κ2) is 8.74. The van der Waals surface area contributed by atoms with Crippen molar-refractivity contribution in [3.05, 3.63) is 93.0 Å². The van der Waals surface area contributed by atoms with Crippen molar-refractivity contribution in [3.8, 4) is 11.8 Å². The van der Waals surface area contributed by atoms with E-state index in [9.17, 15) is 5.26 Å². The lowest BCUT2D eigenvalue weighted by Crippen LogP contribution is -2.26. The summed E-state index contributed by atoms with van der Waals surface area (Å²) in [6.45, 7) is 2.60. The molecule has 6 heteroatoms. The third-order valence-corrected chi connectivity index (χ3v) is 6.57. The highest BCUT2D eigenvalue weighted by molar-refractivity contribution is 9.10. The molecule has 0 radical (unpaired) electrons. The minimum Gasteiger partial charge on any atom is -0.497 e. The van der Waals surface area contributed by atoms with Gasteiger partial charge in [0.15, 0.2) is 0 Å². The third kappa shape index (κ3) is 3.82. The number of fused-ring (bicyclic) bond motifs is 1. The molecule has 1 atom stereocenters. The molecule has 156 valence electrons. The number of nitriles is 1. The molecule has 0 spiro atoms. The van der Waals surface area contributed by atoms with Crippen molar-refractivity contribution in [1.82, 2.24) is 9.78 Å². The molecule has 0 saturated carbocycles. The molecule has 0 amide bonds. The molecule has 1 unspecified atom stereocenters. The van der Waals surface area contributed by atoms with Crippen molar-refractivity contribution in [3.63, 3.8) is 0 Å². The van der Waals surface area contributed by atoms with Crippen LogP contribution in [0.4, 0.5) is 0 Å². The first kappa shape index (κ1) is 21.4. The Morgan fingerprint density at radius 1 is 1.10 bits per heavy atom. The first-order chi connectivity index (χ1) is 15.0. The Kier molecular flexibility index (Phi) is 6.04. The number of benzene rings is 3. The Morgan fingerprint density at radius 2 is 1.81 bits per heavy atom.